The molecule has 0 saturated heterocycles. The Balaban J connectivity index is 2.32. The third kappa shape index (κ3) is 3.40. The van der Waals surface area contributed by atoms with Gasteiger partial charge in [-0.25, -0.2) is 8.78 Å². The van der Waals surface area contributed by atoms with Crippen LogP contribution in [0.15, 0.2) is 12.1 Å². The number of nitrogens with zero attached hydrogens (tertiary/aromatic N) is 1. The number of carbonyl (C=O) groups excluding carboxylic acids is 1. The first-order valence-corrected chi connectivity index (χ1v) is 7.42. The van der Waals surface area contributed by atoms with Gasteiger partial charge in [-0.2, -0.15) is 0 Å². The molecule has 1 aliphatic rings. The average molecular weight is 297 g/mol. The molecule has 1 N–H and O–H groups in total. The van der Waals surface area contributed by atoms with Crippen molar-refractivity contribution < 1.29 is 18.7 Å². The van der Waals surface area contributed by atoms with Gasteiger partial charge in [0.2, 0.25) is 0 Å². The maximum Gasteiger partial charge on any atom is 0.260 e. The molecule has 1 fully saturated rings. The van der Waals surface area contributed by atoms with Gasteiger partial charge in [-0.15, -0.1) is 0 Å². The van der Waals surface area contributed by atoms with Crippen molar-refractivity contribution in [1.82, 2.24) is 4.90 Å². The lowest BCUT2D eigenvalue weighted by Crippen LogP contribution is -2.43. The first kappa shape index (κ1) is 15.9. The Labute approximate surface area is 123 Å². The minimum atomic E-state index is -0.846. The van der Waals surface area contributed by atoms with Gasteiger partial charge in [-0.1, -0.05) is 25.3 Å². The fourth-order valence-corrected chi connectivity index (χ4v) is 2.95. The van der Waals surface area contributed by atoms with Crippen LogP contribution in [-0.4, -0.2) is 35.1 Å². The Morgan fingerprint density at radius 3 is 2.57 bits per heavy atom. The number of amides is 1. The second-order valence-corrected chi connectivity index (χ2v) is 5.57. The smallest absolute Gasteiger partial charge is 0.260 e. The molecule has 1 aliphatic carbocycles. The molecule has 0 radical (unpaired) electrons. The number of carbonyl (C=O) groups is 1. The fraction of sp³-hybridized carbons (Fsp3) is 0.562. The quantitative estimate of drug-likeness (QED) is 0.928. The molecule has 5 heteroatoms. The second kappa shape index (κ2) is 6.98. The molecule has 116 valence electrons. The van der Waals surface area contributed by atoms with Crippen molar-refractivity contribution in [3.63, 3.8) is 0 Å². The summed E-state index contributed by atoms with van der Waals surface area (Å²) in [7, 11) is 0. The fourth-order valence-electron chi connectivity index (χ4n) is 2.95. The Hall–Kier alpha value is -1.49. The average Bonchev–Trinajstić information content (AvgIpc) is 2.49. The topological polar surface area (TPSA) is 40.5 Å². The molecule has 0 spiro atoms. The molecule has 0 atom stereocenters. The monoisotopic (exact) mass is 297 g/mol. The van der Waals surface area contributed by atoms with Gasteiger partial charge >= 0.3 is 0 Å². The maximum absolute atomic E-state index is 14.1. The molecular weight excluding hydrogens is 276 g/mol. The van der Waals surface area contributed by atoms with Crippen LogP contribution in [0.3, 0.4) is 0 Å². The van der Waals surface area contributed by atoms with Gasteiger partial charge in [0.15, 0.2) is 0 Å². The summed E-state index contributed by atoms with van der Waals surface area (Å²) in [5.74, 6) is -2.31. The SMILES string of the molecule is Cc1ccc(F)c(C(=O)N(CCO)C2CCCCC2)c1F. The summed E-state index contributed by atoms with van der Waals surface area (Å²) in [4.78, 5) is 14.0. The van der Waals surface area contributed by atoms with Crippen LogP contribution >= 0.6 is 0 Å². The summed E-state index contributed by atoms with van der Waals surface area (Å²) in [5.41, 5.74) is -0.263. The predicted octanol–water partition coefficient (Wildman–Crippen LogP) is 3.04. The summed E-state index contributed by atoms with van der Waals surface area (Å²) >= 11 is 0. The number of aryl methyl sites for hydroxylation is 1. The van der Waals surface area contributed by atoms with Crippen molar-refractivity contribution in [2.75, 3.05) is 13.2 Å². The summed E-state index contributed by atoms with van der Waals surface area (Å²) in [6.07, 6.45) is 4.75. The Morgan fingerprint density at radius 2 is 1.95 bits per heavy atom. The molecule has 1 amide bonds. The van der Waals surface area contributed by atoms with Crippen LogP contribution in [0.4, 0.5) is 8.78 Å². The van der Waals surface area contributed by atoms with Crippen LogP contribution in [0.2, 0.25) is 0 Å². The normalized spacial score (nSPS) is 16.0. The first-order valence-electron chi connectivity index (χ1n) is 7.42. The van der Waals surface area contributed by atoms with Gasteiger partial charge in [0, 0.05) is 12.6 Å². The number of benzene rings is 1. The summed E-state index contributed by atoms with van der Waals surface area (Å²) < 4.78 is 28.0. The largest absolute Gasteiger partial charge is 0.395 e. The van der Waals surface area contributed by atoms with E-state index in [9.17, 15) is 18.7 Å². The maximum atomic E-state index is 14.1. The van der Waals surface area contributed by atoms with E-state index in [0.29, 0.717) is 0 Å². The van der Waals surface area contributed by atoms with E-state index in [1.54, 1.807) is 0 Å². The van der Waals surface area contributed by atoms with Crippen molar-refractivity contribution in [2.24, 2.45) is 0 Å². The molecule has 0 aliphatic heterocycles. The predicted molar refractivity (Wildman–Crippen MR) is 76.1 cm³/mol. The van der Waals surface area contributed by atoms with Crippen LogP contribution in [0.25, 0.3) is 0 Å². The van der Waals surface area contributed by atoms with E-state index >= 15 is 0 Å². The number of halogens is 2. The molecule has 0 aromatic heterocycles. The molecule has 1 aromatic carbocycles. The molecule has 0 heterocycles. The Kier molecular flexibility index (Phi) is 5.28. The minimum absolute atomic E-state index is 0.0438. The van der Waals surface area contributed by atoms with Crippen molar-refractivity contribution >= 4 is 5.91 Å². The van der Waals surface area contributed by atoms with E-state index in [1.807, 2.05) is 0 Å². The van der Waals surface area contributed by atoms with Crippen LogP contribution in [-0.2, 0) is 0 Å². The van der Waals surface area contributed by atoms with E-state index in [-0.39, 0.29) is 24.8 Å². The van der Waals surface area contributed by atoms with Crippen molar-refractivity contribution in [3.05, 3.63) is 34.9 Å². The highest BCUT2D eigenvalue weighted by Gasteiger charge is 2.29. The van der Waals surface area contributed by atoms with Crippen LogP contribution in [0.5, 0.6) is 0 Å². The molecule has 1 aromatic rings. The van der Waals surface area contributed by atoms with E-state index < -0.39 is 23.1 Å². The zero-order valence-electron chi connectivity index (χ0n) is 12.2. The van der Waals surface area contributed by atoms with Crippen molar-refractivity contribution in [1.29, 1.82) is 0 Å². The van der Waals surface area contributed by atoms with Gasteiger partial charge in [-0.05, 0) is 31.4 Å². The third-order valence-corrected chi connectivity index (χ3v) is 4.12. The van der Waals surface area contributed by atoms with E-state index in [4.69, 9.17) is 0 Å². The van der Waals surface area contributed by atoms with Gasteiger partial charge < -0.3 is 10.0 Å². The molecule has 21 heavy (non-hydrogen) atoms. The number of aliphatic hydroxyl groups excluding tert-OH is 1. The summed E-state index contributed by atoms with van der Waals surface area (Å²) in [5, 5.41) is 9.17. The molecule has 0 bridgehead atoms. The molecule has 2 rings (SSSR count). The first-order chi connectivity index (χ1) is 10.1. The number of hydrogen-bond acceptors (Lipinski definition) is 2. The highest BCUT2D eigenvalue weighted by atomic mass is 19.1. The summed E-state index contributed by atoms with van der Waals surface area (Å²) in [6, 6.07) is 2.39. The zero-order valence-corrected chi connectivity index (χ0v) is 12.2. The Morgan fingerprint density at radius 1 is 1.29 bits per heavy atom. The third-order valence-electron chi connectivity index (χ3n) is 4.12. The Bertz CT molecular complexity index is 513. The van der Waals surface area contributed by atoms with Crippen LogP contribution in [0.1, 0.15) is 48.0 Å². The summed E-state index contributed by atoms with van der Waals surface area (Å²) in [6.45, 7) is 1.40. The van der Waals surface area contributed by atoms with Gasteiger partial charge in [0.1, 0.15) is 17.2 Å². The number of hydrogen-bond donors (Lipinski definition) is 1. The molecule has 1 saturated carbocycles. The standard InChI is InChI=1S/C16H21F2NO2/c1-11-7-8-13(17)14(15(11)18)16(21)19(9-10-20)12-5-3-2-4-6-12/h7-8,12,20H,2-6,9-10H2,1H3. The number of aliphatic hydroxyl groups is 1. The van der Waals surface area contributed by atoms with Gasteiger partial charge in [0.05, 0.1) is 6.61 Å². The second-order valence-electron chi connectivity index (χ2n) is 5.57. The lowest BCUT2D eigenvalue weighted by Gasteiger charge is -2.34. The van der Waals surface area contributed by atoms with E-state index in [0.717, 1.165) is 38.2 Å². The van der Waals surface area contributed by atoms with Crippen molar-refractivity contribution in [2.45, 2.75) is 45.1 Å². The zero-order chi connectivity index (χ0) is 15.4. The molecule has 0 unspecified atom stereocenters. The van der Waals surface area contributed by atoms with E-state index in [2.05, 4.69) is 0 Å². The van der Waals surface area contributed by atoms with Crippen molar-refractivity contribution in [3.8, 4) is 0 Å². The minimum Gasteiger partial charge on any atom is -0.395 e. The molecule has 3 nitrogen and oxygen atoms in total. The van der Waals surface area contributed by atoms with Gasteiger partial charge in [0.25, 0.3) is 5.91 Å². The molecular formula is C16H21F2NO2. The highest BCUT2D eigenvalue weighted by Crippen LogP contribution is 2.26. The lowest BCUT2D eigenvalue weighted by atomic mass is 9.93. The highest BCUT2D eigenvalue weighted by molar-refractivity contribution is 5.95. The number of rotatable bonds is 4. The van der Waals surface area contributed by atoms with Gasteiger partial charge in [-0.3, -0.25) is 4.79 Å². The lowest BCUT2D eigenvalue weighted by molar-refractivity contribution is 0.0575. The van der Waals surface area contributed by atoms with E-state index in [1.165, 1.54) is 17.9 Å². The van der Waals surface area contributed by atoms with Crippen LogP contribution < -0.4 is 0 Å². The van der Waals surface area contributed by atoms with Crippen LogP contribution in [0, 0.1) is 18.6 Å².